The van der Waals surface area contributed by atoms with E-state index in [1.165, 1.54) is 60.0 Å². The van der Waals surface area contributed by atoms with Crippen LogP contribution in [0.1, 0.15) is 0 Å². The molecule has 0 saturated carbocycles. The SMILES string of the molecule is c1ccc(-c2ccc(N(c3ccc(-c4ccc(N(c5ccccc5)c5ccc6c7ccccc7n(-c7ccccc7)c6c5)c5ccccc45)cc3)c3cccc4ccccc34)cc2)cc1. The Morgan fingerprint density at radius 2 is 0.754 bits per heavy atom. The van der Waals surface area contributed by atoms with Crippen LogP contribution in [0.5, 0.6) is 0 Å². The molecule has 11 aromatic carbocycles. The lowest BCUT2D eigenvalue weighted by atomic mass is 9.96. The maximum Gasteiger partial charge on any atom is 0.0561 e. The molecule has 0 aliphatic heterocycles. The Morgan fingerprint density at radius 3 is 1.49 bits per heavy atom. The summed E-state index contributed by atoms with van der Waals surface area (Å²) in [5.74, 6) is 0. The predicted octanol–water partition coefficient (Wildman–Crippen LogP) is 17.4. The minimum Gasteiger partial charge on any atom is -0.310 e. The molecule has 0 unspecified atom stereocenters. The van der Waals surface area contributed by atoms with E-state index in [9.17, 15) is 0 Å². The molecule has 0 fully saturated rings. The van der Waals surface area contributed by atoms with Gasteiger partial charge in [0.25, 0.3) is 0 Å². The van der Waals surface area contributed by atoms with Crippen LogP contribution in [0, 0.1) is 0 Å². The minimum atomic E-state index is 1.09. The fourth-order valence-electron chi connectivity index (χ4n) is 9.74. The quantitative estimate of drug-likeness (QED) is 0.144. The minimum absolute atomic E-state index is 1.09. The lowest BCUT2D eigenvalue weighted by molar-refractivity contribution is 1.18. The van der Waals surface area contributed by atoms with E-state index in [1.807, 2.05) is 0 Å². The maximum atomic E-state index is 2.41. The molecular formula is C62H43N3. The standard InChI is InChI=1S/C62H43N3/c1-4-17-44(18-5-1)45-31-35-50(36-32-45)63(59-30-16-20-46-19-10-11-25-54(46)59)51-37-33-47(34-38-51)53-41-42-61(56-27-13-12-26-55(53)56)64(48-21-6-2-7-22-48)52-39-40-58-57-28-14-15-29-60(57)65(62(58)43-52)49-23-8-3-9-24-49/h1-43H. The van der Waals surface area contributed by atoms with E-state index in [4.69, 9.17) is 0 Å². The van der Waals surface area contributed by atoms with E-state index in [2.05, 4.69) is 275 Å². The molecule has 0 aliphatic carbocycles. The molecule has 0 amide bonds. The second-order valence-electron chi connectivity index (χ2n) is 16.5. The molecule has 0 aliphatic rings. The zero-order valence-electron chi connectivity index (χ0n) is 35.7. The van der Waals surface area contributed by atoms with Crippen LogP contribution in [0.2, 0.25) is 0 Å². The van der Waals surface area contributed by atoms with Crippen molar-refractivity contribution >= 4 is 77.5 Å². The van der Waals surface area contributed by atoms with Crippen molar-refractivity contribution in [3.63, 3.8) is 0 Å². The van der Waals surface area contributed by atoms with Crippen molar-refractivity contribution in [2.45, 2.75) is 0 Å². The molecule has 3 heteroatoms. The molecule has 1 aromatic heterocycles. The van der Waals surface area contributed by atoms with Crippen LogP contribution in [0.3, 0.4) is 0 Å². The molecule has 12 aromatic rings. The Balaban J connectivity index is 0.973. The highest BCUT2D eigenvalue weighted by Crippen LogP contribution is 2.45. The maximum absolute atomic E-state index is 2.41. The molecule has 12 rings (SSSR count). The molecule has 0 N–H and O–H groups in total. The number of aromatic nitrogens is 1. The first kappa shape index (κ1) is 38.0. The van der Waals surface area contributed by atoms with E-state index in [1.54, 1.807) is 0 Å². The molecule has 65 heavy (non-hydrogen) atoms. The number of hydrogen-bond donors (Lipinski definition) is 0. The average molecular weight is 830 g/mol. The average Bonchev–Trinajstić information content (AvgIpc) is 3.71. The Kier molecular flexibility index (Phi) is 9.50. The van der Waals surface area contributed by atoms with Crippen LogP contribution >= 0.6 is 0 Å². The van der Waals surface area contributed by atoms with Gasteiger partial charge >= 0.3 is 0 Å². The van der Waals surface area contributed by atoms with Crippen molar-refractivity contribution in [2.24, 2.45) is 0 Å². The monoisotopic (exact) mass is 829 g/mol. The Bertz CT molecular complexity index is 3630. The summed E-state index contributed by atoms with van der Waals surface area (Å²) in [5.41, 5.74) is 14.9. The molecule has 0 spiro atoms. The number of benzene rings is 11. The van der Waals surface area contributed by atoms with Crippen LogP contribution in [-0.2, 0) is 0 Å². The van der Waals surface area contributed by atoms with E-state index in [-0.39, 0.29) is 0 Å². The van der Waals surface area contributed by atoms with Gasteiger partial charge in [-0.25, -0.2) is 0 Å². The summed E-state index contributed by atoms with van der Waals surface area (Å²) in [6.07, 6.45) is 0. The summed E-state index contributed by atoms with van der Waals surface area (Å²) >= 11 is 0. The fraction of sp³-hybridized carbons (Fsp3) is 0. The molecule has 306 valence electrons. The summed E-state index contributed by atoms with van der Waals surface area (Å²) in [5, 5.41) is 7.26. The van der Waals surface area contributed by atoms with Crippen molar-refractivity contribution in [2.75, 3.05) is 9.80 Å². The van der Waals surface area contributed by atoms with Crippen LogP contribution < -0.4 is 9.80 Å². The van der Waals surface area contributed by atoms with Gasteiger partial charge in [0, 0.05) is 50.0 Å². The van der Waals surface area contributed by atoms with Crippen LogP contribution in [-0.4, -0.2) is 4.57 Å². The summed E-state index contributed by atoms with van der Waals surface area (Å²) < 4.78 is 2.39. The highest BCUT2D eigenvalue weighted by molar-refractivity contribution is 6.12. The summed E-state index contributed by atoms with van der Waals surface area (Å²) in [4.78, 5) is 4.79. The third-order valence-corrected chi connectivity index (χ3v) is 12.8. The highest BCUT2D eigenvalue weighted by atomic mass is 15.2. The topological polar surface area (TPSA) is 11.4 Å². The molecule has 3 nitrogen and oxygen atoms in total. The van der Waals surface area contributed by atoms with Gasteiger partial charge in [0.1, 0.15) is 0 Å². The van der Waals surface area contributed by atoms with Crippen LogP contribution in [0.4, 0.5) is 34.1 Å². The van der Waals surface area contributed by atoms with Crippen LogP contribution in [0.15, 0.2) is 261 Å². The van der Waals surface area contributed by atoms with Gasteiger partial charge in [-0.05, 0) is 112 Å². The molecule has 0 atom stereocenters. The van der Waals surface area contributed by atoms with Gasteiger partial charge in [-0.2, -0.15) is 0 Å². The van der Waals surface area contributed by atoms with Gasteiger partial charge in [0.15, 0.2) is 0 Å². The second kappa shape index (κ2) is 16.2. The van der Waals surface area contributed by atoms with E-state index < -0.39 is 0 Å². The molecular weight excluding hydrogens is 787 g/mol. The largest absolute Gasteiger partial charge is 0.310 e. The van der Waals surface area contributed by atoms with Gasteiger partial charge in [-0.3, -0.25) is 0 Å². The van der Waals surface area contributed by atoms with Gasteiger partial charge < -0.3 is 14.4 Å². The molecule has 1 heterocycles. The zero-order chi connectivity index (χ0) is 43.1. The normalized spacial score (nSPS) is 11.4. The van der Waals surface area contributed by atoms with Gasteiger partial charge in [-0.1, -0.05) is 182 Å². The number of nitrogens with zero attached hydrogens (tertiary/aromatic N) is 3. The third kappa shape index (κ3) is 6.78. The van der Waals surface area contributed by atoms with Crippen molar-refractivity contribution < 1.29 is 0 Å². The Hall–Kier alpha value is -8.66. The first-order chi connectivity index (χ1) is 32.3. The predicted molar refractivity (Wildman–Crippen MR) is 276 cm³/mol. The Morgan fingerprint density at radius 1 is 0.262 bits per heavy atom. The molecule has 0 saturated heterocycles. The van der Waals surface area contributed by atoms with Gasteiger partial charge in [0.2, 0.25) is 0 Å². The van der Waals surface area contributed by atoms with Crippen molar-refractivity contribution in [1.82, 2.24) is 4.57 Å². The summed E-state index contributed by atoms with van der Waals surface area (Å²) in [6, 6.07) is 94.3. The summed E-state index contributed by atoms with van der Waals surface area (Å²) in [6.45, 7) is 0. The molecule has 0 bridgehead atoms. The van der Waals surface area contributed by atoms with E-state index >= 15 is 0 Å². The van der Waals surface area contributed by atoms with Crippen molar-refractivity contribution in [1.29, 1.82) is 0 Å². The Labute approximate surface area is 378 Å². The number of rotatable bonds is 9. The zero-order valence-corrected chi connectivity index (χ0v) is 35.7. The highest BCUT2D eigenvalue weighted by Gasteiger charge is 2.21. The van der Waals surface area contributed by atoms with Gasteiger partial charge in [0.05, 0.1) is 22.4 Å². The fourth-order valence-corrected chi connectivity index (χ4v) is 9.74. The number of anilines is 6. The van der Waals surface area contributed by atoms with E-state index in [0.29, 0.717) is 0 Å². The lowest BCUT2D eigenvalue weighted by Gasteiger charge is -2.28. The first-order valence-electron chi connectivity index (χ1n) is 22.3. The van der Waals surface area contributed by atoms with Crippen molar-refractivity contribution in [3.8, 4) is 27.9 Å². The molecule has 0 radical (unpaired) electrons. The number of hydrogen-bond acceptors (Lipinski definition) is 2. The van der Waals surface area contributed by atoms with Crippen molar-refractivity contribution in [3.05, 3.63) is 261 Å². The number of fused-ring (bicyclic) bond motifs is 5. The second-order valence-corrected chi connectivity index (χ2v) is 16.5. The van der Waals surface area contributed by atoms with Gasteiger partial charge in [-0.15, -0.1) is 0 Å². The van der Waals surface area contributed by atoms with Crippen LogP contribution in [0.25, 0.3) is 71.3 Å². The lowest BCUT2D eigenvalue weighted by Crippen LogP contribution is -2.11. The number of para-hydroxylation sites is 3. The third-order valence-electron chi connectivity index (χ3n) is 12.8. The summed E-state index contributed by atoms with van der Waals surface area (Å²) in [7, 11) is 0. The smallest absolute Gasteiger partial charge is 0.0561 e. The first-order valence-corrected chi connectivity index (χ1v) is 22.3. The van der Waals surface area contributed by atoms with E-state index in [0.717, 1.165) is 45.4 Å².